The van der Waals surface area contributed by atoms with Crippen molar-refractivity contribution in [3.8, 4) is 5.75 Å². The van der Waals surface area contributed by atoms with Crippen LogP contribution in [0.5, 0.6) is 5.75 Å². The van der Waals surface area contributed by atoms with E-state index in [1.807, 2.05) is 12.3 Å². The Balaban J connectivity index is 1.58. The zero-order chi connectivity index (χ0) is 14.2. The highest BCUT2D eigenvalue weighted by molar-refractivity contribution is 6.08. The summed E-state index contributed by atoms with van der Waals surface area (Å²) < 4.78 is 0. The predicted molar refractivity (Wildman–Crippen MR) is 84.1 cm³/mol. The molecule has 0 saturated carbocycles. The Kier molecular flexibility index (Phi) is 3.15. The molecule has 0 aliphatic carbocycles. The number of hydrogen-bond donors (Lipinski definition) is 2. The van der Waals surface area contributed by atoms with Crippen molar-refractivity contribution >= 4 is 23.2 Å². The van der Waals surface area contributed by atoms with Gasteiger partial charge in [0.25, 0.3) is 0 Å². The van der Waals surface area contributed by atoms with Gasteiger partial charge in [0.1, 0.15) is 5.69 Å². The van der Waals surface area contributed by atoms with Crippen LogP contribution in [-0.4, -0.2) is 48.9 Å². The molecule has 3 aliphatic rings. The molecule has 0 spiro atoms. The fourth-order valence-electron chi connectivity index (χ4n) is 3.39. The van der Waals surface area contributed by atoms with Crippen molar-refractivity contribution in [2.24, 2.45) is 9.98 Å². The Morgan fingerprint density at radius 3 is 3.00 bits per heavy atom. The lowest BCUT2D eigenvalue weighted by Crippen LogP contribution is -2.31. The van der Waals surface area contributed by atoms with Crippen molar-refractivity contribution in [3.63, 3.8) is 0 Å². The zero-order valence-electron chi connectivity index (χ0n) is 12.1. The van der Waals surface area contributed by atoms with Crippen LogP contribution in [0.2, 0.25) is 0 Å². The lowest BCUT2D eigenvalue weighted by atomic mass is 10.1. The largest absolute Gasteiger partial charge is 0.504 e. The number of nitrogens with zero attached hydrogens (tertiary/aromatic N) is 3. The second-order valence-corrected chi connectivity index (χ2v) is 5.91. The van der Waals surface area contributed by atoms with E-state index in [1.54, 1.807) is 0 Å². The van der Waals surface area contributed by atoms with Crippen LogP contribution in [0.1, 0.15) is 19.3 Å². The maximum absolute atomic E-state index is 10.4. The molecule has 4 rings (SSSR count). The maximum atomic E-state index is 10.4. The molecule has 0 aromatic heterocycles. The molecule has 2 N–H and O–H groups in total. The zero-order valence-corrected chi connectivity index (χ0v) is 12.1. The van der Waals surface area contributed by atoms with Crippen LogP contribution in [0.4, 0.5) is 11.4 Å². The van der Waals surface area contributed by atoms with Gasteiger partial charge in [-0.1, -0.05) is 0 Å². The molecule has 3 heterocycles. The van der Waals surface area contributed by atoms with Gasteiger partial charge in [-0.15, -0.1) is 0 Å². The van der Waals surface area contributed by atoms with E-state index in [1.165, 1.54) is 31.5 Å². The SMILES string of the molecule is Oc1c(NCCN2CCCC2)cc2c3c1N=CC=3CCN=2. The third-order valence-corrected chi connectivity index (χ3v) is 4.53. The molecule has 21 heavy (non-hydrogen) atoms. The smallest absolute Gasteiger partial charge is 0.165 e. The van der Waals surface area contributed by atoms with E-state index in [9.17, 15) is 5.11 Å². The molecule has 0 amide bonds. The first-order chi connectivity index (χ1) is 10.3. The van der Waals surface area contributed by atoms with Gasteiger partial charge >= 0.3 is 0 Å². The minimum atomic E-state index is 0.263. The molecule has 1 aromatic carbocycles. The first-order valence-electron chi connectivity index (χ1n) is 7.77. The van der Waals surface area contributed by atoms with Crippen molar-refractivity contribution in [2.45, 2.75) is 19.3 Å². The van der Waals surface area contributed by atoms with E-state index in [0.717, 1.165) is 42.3 Å². The number of phenolic OH excluding ortho intramolecular Hbond substituents is 1. The molecule has 3 aliphatic heterocycles. The van der Waals surface area contributed by atoms with Crippen molar-refractivity contribution in [1.29, 1.82) is 0 Å². The van der Waals surface area contributed by atoms with E-state index in [-0.39, 0.29) is 5.75 Å². The minimum Gasteiger partial charge on any atom is -0.504 e. The molecule has 1 saturated heterocycles. The van der Waals surface area contributed by atoms with E-state index in [2.05, 4.69) is 20.2 Å². The quantitative estimate of drug-likeness (QED) is 0.804. The summed E-state index contributed by atoms with van der Waals surface area (Å²) >= 11 is 0. The normalized spacial score (nSPS) is 19.7. The number of anilines is 1. The first-order valence-corrected chi connectivity index (χ1v) is 7.77. The highest BCUT2D eigenvalue weighted by Gasteiger charge is 2.19. The summed E-state index contributed by atoms with van der Waals surface area (Å²) in [4.78, 5) is 11.4. The van der Waals surface area contributed by atoms with E-state index >= 15 is 0 Å². The van der Waals surface area contributed by atoms with Gasteiger partial charge in [0.15, 0.2) is 5.75 Å². The second kappa shape index (κ2) is 5.15. The van der Waals surface area contributed by atoms with Crippen LogP contribution < -0.4 is 15.9 Å². The number of nitrogens with one attached hydrogen (secondary N) is 1. The summed E-state index contributed by atoms with van der Waals surface area (Å²) in [5.41, 5.74) is 2.65. The molecule has 0 bridgehead atoms. The average molecular weight is 284 g/mol. The predicted octanol–water partition coefficient (Wildman–Crippen LogP) is 0.790. The molecule has 5 nitrogen and oxygen atoms in total. The van der Waals surface area contributed by atoms with Crippen LogP contribution in [-0.2, 0) is 0 Å². The number of aromatic hydroxyl groups is 1. The number of hydrogen-bond acceptors (Lipinski definition) is 5. The van der Waals surface area contributed by atoms with Crippen LogP contribution in [0.25, 0.3) is 5.57 Å². The van der Waals surface area contributed by atoms with Gasteiger partial charge in [0, 0.05) is 31.1 Å². The van der Waals surface area contributed by atoms with Crippen molar-refractivity contribution in [3.05, 3.63) is 16.6 Å². The van der Waals surface area contributed by atoms with Gasteiger partial charge in [-0.25, -0.2) is 0 Å². The Bertz CT molecular complexity index is 717. The summed E-state index contributed by atoms with van der Waals surface area (Å²) in [6.07, 6.45) is 5.40. The molecule has 110 valence electrons. The number of phenols is 1. The molecule has 0 unspecified atom stereocenters. The fraction of sp³-hybridized carbons (Fsp3) is 0.500. The van der Waals surface area contributed by atoms with Crippen LogP contribution >= 0.6 is 0 Å². The Morgan fingerprint density at radius 2 is 2.14 bits per heavy atom. The highest BCUT2D eigenvalue weighted by Crippen LogP contribution is 2.32. The van der Waals surface area contributed by atoms with Gasteiger partial charge in [-0.05, 0) is 44.0 Å². The monoisotopic (exact) mass is 284 g/mol. The lowest BCUT2D eigenvalue weighted by molar-refractivity contribution is 0.352. The highest BCUT2D eigenvalue weighted by atomic mass is 16.3. The number of rotatable bonds is 4. The van der Waals surface area contributed by atoms with Crippen molar-refractivity contribution in [1.82, 2.24) is 4.90 Å². The number of benzene rings is 1. The number of likely N-dealkylation sites (tertiary alicyclic amines) is 1. The van der Waals surface area contributed by atoms with Crippen molar-refractivity contribution in [2.75, 3.05) is 38.0 Å². The first kappa shape index (κ1) is 12.8. The van der Waals surface area contributed by atoms with Gasteiger partial charge in [0.05, 0.1) is 11.0 Å². The topological polar surface area (TPSA) is 60.2 Å². The summed E-state index contributed by atoms with van der Waals surface area (Å²) in [5, 5.41) is 15.8. The second-order valence-electron chi connectivity index (χ2n) is 5.91. The van der Waals surface area contributed by atoms with Gasteiger partial charge in [-0.2, -0.15) is 0 Å². The Hall–Kier alpha value is -1.88. The molecule has 0 radical (unpaired) electrons. The Labute approximate surface area is 123 Å². The lowest BCUT2D eigenvalue weighted by Gasteiger charge is -2.16. The third kappa shape index (κ3) is 2.21. The third-order valence-electron chi connectivity index (χ3n) is 4.53. The Morgan fingerprint density at radius 1 is 1.29 bits per heavy atom. The van der Waals surface area contributed by atoms with E-state index in [0.29, 0.717) is 5.69 Å². The van der Waals surface area contributed by atoms with E-state index < -0.39 is 0 Å². The molecule has 5 heteroatoms. The standard InChI is InChI=1S/C16H20N4O/c21-16-13(18-5-8-20-6-1-2-7-20)9-12-14-11(3-4-17-12)10-19-15(14)16/h9-10,18,21H,1-8H2. The van der Waals surface area contributed by atoms with Crippen LogP contribution in [0, 0.1) is 0 Å². The van der Waals surface area contributed by atoms with Crippen molar-refractivity contribution < 1.29 is 5.11 Å². The van der Waals surface area contributed by atoms with Gasteiger partial charge in [-0.3, -0.25) is 9.98 Å². The van der Waals surface area contributed by atoms with Crippen LogP contribution in [0.15, 0.2) is 16.1 Å². The fourth-order valence-corrected chi connectivity index (χ4v) is 3.39. The molecular formula is C16H20N4O. The summed E-state index contributed by atoms with van der Waals surface area (Å²) in [6.45, 7) is 5.06. The summed E-state index contributed by atoms with van der Waals surface area (Å²) in [5.74, 6) is 0.263. The minimum absolute atomic E-state index is 0.263. The molecular weight excluding hydrogens is 264 g/mol. The van der Waals surface area contributed by atoms with E-state index in [4.69, 9.17) is 0 Å². The molecule has 1 fully saturated rings. The summed E-state index contributed by atoms with van der Waals surface area (Å²) in [7, 11) is 0. The summed E-state index contributed by atoms with van der Waals surface area (Å²) in [6, 6.07) is 1.96. The number of aliphatic imine (C=N–C) groups is 1. The molecule has 1 aromatic rings. The molecule has 0 atom stereocenters. The van der Waals surface area contributed by atoms with Crippen LogP contribution in [0.3, 0.4) is 0 Å². The average Bonchev–Trinajstić information content (AvgIpc) is 3.14. The van der Waals surface area contributed by atoms with Gasteiger partial charge in [0.2, 0.25) is 0 Å². The maximum Gasteiger partial charge on any atom is 0.165 e. The van der Waals surface area contributed by atoms with Gasteiger partial charge < -0.3 is 15.3 Å².